The first-order valence-electron chi connectivity index (χ1n) is 12.6. The van der Waals surface area contributed by atoms with Crippen molar-refractivity contribution in [2.75, 3.05) is 11.9 Å². The van der Waals surface area contributed by atoms with Crippen LogP contribution in [0, 0.1) is 5.92 Å². The number of nitrogens with two attached hydrogens (primary N) is 2. The first-order chi connectivity index (χ1) is 18.2. The van der Waals surface area contributed by atoms with Crippen molar-refractivity contribution in [1.29, 1.82) is 0 Å². The fourth-order valence-electron chi connectivity index (χ4n) is 4.90. The molecular weight excluding hydrogens is 502 g/mol. The fraction of sp³-hybridized carbons (Fsp3) is 0.286. The minimum atomic E-state index is -3.88. The van der Waals surface area contributed by atoms with Crippen LogP contribution in [-0.4, -0.2) is 36.9 Å². The van der Waals surface area contributed by atoms with E-state index < -0.39 is 10.0 Å². The summed E-state index contributed by atoms with van der Waals surface area (Å²) in [4.78, 5) is 15.3. The highest BCUT2D eigenvalue weighted by Gasteiger charge is 2.22. The molecule has 1 saturated carbocycles. The Morgan fingerprint density at radius 3 is 2.39 bits per heavy atom. The predicted octanol–water partition coefficient (Wildman–Crippen LogP) is 4.71. The molecule has 0 aliphatic heterocycles. The van der Waals surface area contributed by atoms with Gasteiger partial charge in [-0.15, -0.1) is 0 Å². The van der Waals surface area contributed by atoms with E-state index in [0.717, 1.165) is 18.4 Å². The number of carbonyl (C=O) groups is 1. The van der Waals surface area contributed by atoms with E-state index in [-0.39, 0.29) is 16.8 Å². The van der Waals surface area contributed by atoms with Crippen molar-refractivity contribution in [3.05, 3.63) is 83.9 Å². The number of sulfonamides is 1. The second-order valence-corrected chi connectivity index (χ2v) is 11.1. The van der Waals surface area contributed by atoms with E-state index in [0.29, 0.717) is 41.4 Å². The summed E-state index contributed by atoms with van der Waals surface area (Å²) in [5.74, 6) is 0.443. The van der Waals surface area contributed by atoms with E-state index in [1.165, 1.54) is 25.3 Å². The molecule has 4 rings (SSSR count). The summed E-state index contributed by atoms with van der Waals surface area (Å²) in [5.41, 5.74) is 8.97. The molecule has 2 amide bonds. The quantitative estimate of drug-likeness (QED) is 0.142. The molecule has 1 fully saturated rings. The number of carbonyl (C=O) groups excluding carboxylic acids is 1. The van der Waals surface area contributed by atoms with Gasteiger partial charge in [-0.2, -0.15) is 0 Å². The van der Waals surface area contributed by atoms with Gasteiger partial charge in [-0.1, -0.05) is 72.9 Å². The average Bonchev–Trinajstić information content (AvgIpc) is 2.93. The lowest BCUT2D eigenvalue weighted by molar-refractivity contribution is 0.187. The molecule has 10 heteroatoms. The number of anilines is 1. The summed E-state index contributed by atoms with van der Waals surface area (Å²) in [5, 5.41) is 20.5. The van der Waals surface area contributed by atoms with Gasteiger partial charge in [0.1, 0.15) is 0 Å². The van der Waals surface area contributed by atoms with Gasteiger partial charge in [-0.25, -0.2) is 18.4 Å². The zero-order valence-electron chi connectivity index (χ0n) is 21.1. The molecule has 6 N–H and O–H groups in total. The third-order valence-electron chi connectivity index (χ3n) is 6.84. The Morgan fingerprint density at radius 1 is 1.00 bits per heavy atom. The largest absolute Gasteiger partial charge is 0.409 e. The molecule has 0 atom stereocenters. The van der Waals surface area contributed by atoms with Crippen molar-refractivity contribution in [1.82, 2.24) is 4.90 Å². The molecule has 0 heterocycles. The second-order valence-electron chi connectivity index (χ2n) is 9.62. The van der Waals surface area contributed by atoms with E-state index >= 15 is 0 Å². The molecule has 0 unspecified atom stereocenters. The van der Waals surface area contributed by atoms with E-state index in [9.17, 15) is 13.2 Å². The fourth-order valence-corrected chi connectivity index (χ4v) is 5.66. The Balaban J connectivity index is 1.53. The number of nitrogens with zero attached hydrogens (tertiary/aromatic N) is 2. The lowest BCUT2D eigenvalue weighted by atomic mass is 9.89. The van der Waals surface area contributed by atoms with Crippen molar-refractivity contribution in [2.24, 2.45) is 21.9 Å². The summed E-state index contributed by atoms with van der Waals surface area (Å²) in [6.45, 7) is 0.994. The van der Waals surface area contributed by atoms with Crippen LogP contribution in [0.5, 0.6) is 0 Å². The van der Waals surface area contributed by atoms with Crippen molar-refractivity contribution < 1.29 is 18.4 Å². The smallest absolute Gasteiger partial charge is 0.322 e. The van der Waals surface area contributed by atoms with E-state index in [1.807, 2.05) is 18.2 Å². The molecule has 0 saturated heterocycles. The van der Waals surface area contributed by atoms with Gasteiger partial charge in [0.15, 0.2) is 5.84 Å². The zero-order chi connectivity index (χ0) is 27.1. The third-order valence-corrected chi connectivity index (χ3v) is 7.80. The van der Waals surface area contributed by atoms with Gasteiger partial charge < -0.3 is 21.2 Å². The first kappa shape index (κ1) is 27.2. The maximum absolute atomic E-state index is 13.4. The molecule has 1 aliphatic rings. The normalized spacial score (nSPS) is 14.7. The average molecular weight is 536 g/mol. The maximum Gasteiger partial charge on any atom is 0.322 e. The lowest BCUT2D eigenvalue weighted by Gasteiger charge is -2.30. The maximum atomic E-state index is 13.4. The van der Waals surface area contributed by atoms with Crippen molar-refractivity contribution in [3.8, 4) is 11.1 Å². The lowest BCUT2D eigenvalue weighted by Crippen LogP contribution is -2.38. The van der Waals surface area contributed by atoms with Crippen LogP contribution in [0.25, 0.3) is 11.1 Å². The van der Waals surface area contributed by atoms with Crippen molar-refractivity contribution >= 4 is 27.6 Å². The number of rotatable bonds is 8. The van der Waals surface area contributed by atoms with E-state index in [4.69, 9.17) is 16.1 Å². The minimum Gasteiger partial charge on any atom is -0.409 e. The van der Waals surface area contributed by atoms with Gasteiger partial charge in [-0.05, 0) is 54.2 Å². The Labute approximate surface area is 223 Å². The molecule has 0 aromatic heterocycles. The number of oxime groups is 1. The number of amidine groups is 1. The van der Waals surface area contributed by atoms with Crippen molar-refractivity contribution in [3.63, 3.8) is 0 Å². The van der Waals surface area contributed by atoms with Gasteiger partial charge in [-0.3, -0.25) is 0 Å². The molecule has 1 aliphatic carbocycles. The van der Waals surface area contributed by atoms with Crippen LogP contribution >= 0.6 is 0 Å². The highest BCUT2D eigenvalue weighted by molar-refractivity contribution is 7.89. The van der Waals surface area contributed by atoms with E-state index in [1.54, 1.807) is 53.4 Å². The number of primary sulfonamides is 1. The standard InChI is InChI=1S/C28H33N5O4S/c29-27(32-35)23-10-6-9-21(17-23)19-33(18-20-7-2-1-3-8-20)28(34)31-24-15-13-22(14-16-24)25-11-4-5-12-26(25)38(30,36)37/h4-6,9-17,20,35H,1-3,7-8,18-19H2,(H2,29,32)(H,31,34)(H2,30,36,37). The Morgan fingerprint density at radius 2 is 1.71 bits per heavy atom. The van der Waals surface area contributed by atoms with Crippen LogP contribution in [0.4, 0.5) is 10.5 Å². The van der Waals surface area contributed by atoms with Crippen LogP contribution in [0.3, 0.4) is 0 Å². The first-order valence-corrected chi connectivity index (χ1v) is 14.1. The molecule has 3 aromatic rings. The summed E-state index contributed by atoms with van der Waals surface area (Å²) in [6.07, 6.45) is 5.74. The van der Waals surface area contributed by atoms with Crippen LogP contribution < -0.4 is 16.2 Å². The number of nitrogens with one attached hydrogen (secondary N) is 1. The summed E-state index contributed by atoms with van der Waals surface area (Å²) in [6, 6.07) is 20.6. The monoisotopic (exact) mass is 535 g/mol. The highest BCUT2D eigenvalue weighted by atomic mass is 32.2. The predicted molar refractivity (Wildman–Crippen MR) is 148 cm³/mol. The number of benzene rings is 3. The van der Waals surface area contributed by atoms with Crippen LogP contribution in [-0.2, 0) is 16.6 Å². The molecule has 0 radical (unpaired) electrons. The van der Waals surface area contributed by atoms with Crippen LogP contribution in [0.2, 0.25) is 0 Å². The second kappa shape index (κ2) is 12.1. The SMILES string of the molecule is NC(=NO)c1cccc(CN(CC2CCCCC2)C(=O)Nc2ccc(-c3ccccc3S(N)(=O)=O)cc2)c1. The summed E-state index contributed by atoms with van der Waals surface area (Å²) in [7, 11) is -3.88. The van der Waals surface area contributed by atoms with Gasteiger partial charge in [0.05, 0.1) is 4.90 Å². The Kier molecular flexibility index (Phi) is 8.65. The molecule has 9 nitrogen and oxygen atoms in total. The molecular formula is C28H33N5O4S. The Hall–Kier alpha value is -3.89. The Bertz CT molecular complexity index is 1400. The zero-order valence-corrected chi connectivity index (χ0v) is 21.9. The minimum absolute atomic E-state index is 0.0132. The number of hydrogen-bond donors (Lipinski definition) is 4. The molecule has 3 aromatic carbocycles. The topological polar surface area (TPSA) is 151 Å². The number of hydrogen-bond acceptors (Lipinski definition) is 5. The molecule has 38 heavy (non-hydrogen) atoms. The summed E-state index contributed by atoms with van der Waals surface area (Å²) >= 11 is 0. The van der Waals surface area contributed by atoms with Gasteiger partial charge in [0.2, 0.25) is 10.0 Å². The number of amides is 2. The number of urea groups is 1. The van der Waals surface area contributed by atoms with Crippen molar-refractivity contribution in [2.45, 2.75) is 43.5 Å². The highest BCUT2D eigenvalue weighted by Crippen LogP contribution is 2.28. The molecule has 0 bridgehead atoms. The van der Waals surface area contributed by atoms with Crippen LogP contribution in [0.1, 0.15) is 43.2 Å². The molecule has 0 spiro atoms. The van der Waals surface area contributed by atoms with Gasteiger partial charge in [0.25, 0.3) is 0 Å². The van der Waals surface area contributed by atoms with Gasteiger partial charge >= 0.3 is 6.03 Å². The van der Waals surface area contributed by atoms with E-state index in [2.05, 4.69) is 10.5 Å². The van der Waals surface area contributed by atoms with Crippen LogP contribution in [0.15, 0.2) is 82.8 Å². The summed E-state index contributed by atoms with van der Waals surface area (Å²) < 4.78 is 24.0. The van der Waals surface area contributed by atoms with Gasteiger partial charge in [0, 0.05) is 29.9 Å². The third kappa shape index (κ3) is 6.90. The molecule has 200 valence electrons.